The summed E-state index contributed by atoms with van der Waals surface area (Å²) in [5.74, 6) is -0.486. The Morgan fingerprint density at radius 2 is 2.16 bits per heavy atom. The fraction of sp³-hybridized carbons (Fsp3) is 0.500. The van der Waals surface area contributed by atoms with Gasteiger partial charge in [-0.15, -0.1) is 0 Å². The summed E-state index contributed by atoms with van der Waals surface area (Å²) in [6.07, 6.45) is 0.944. The first kappa shape index (κ1) is 14.5. The molecule has 1 aromatic rings. The van der Waals surface area contributed by atoms with Crippen molar-refractivity contribution in [1.29, 1.82) is 0 Å². The molecule has 0 bridgehead atoms. The summed E-state index contributed by atoms with van der Waals surface area (Å²) in [5, 5.41) is 0. The molecule has 0 N–H and O–H groups in total. The van der Waals surface area contributed by atoms with Crippen molar-refractivity contribution in [1.82, 2.24) is 9.80 Å². The van der Waals surface area contributed by atoms with E-state index in [4.69, 9.17) is 0 Å². The monoisotopic (exact) mass is 328 g/mol. The van der Waals surface area contributed by atoms with Crippen LogP contribution in [0, 0.1) is 5.82 Å². The Hall–Kier alpha value is -0.940. The summed E-state index contributed by atoms with van der Waals surface area (Å²) in [7, 11) is 2.06. The van der Waals surface area contributed by atoms with E-state index in [1.54, 1.807) is 6.07 Å². The SMILES string of the molecule is CC1CN(C)CCCN1C(=O)c1cc(F)ccc1Br. The number of hydrogen-bond donors (Lipinski definition) is 0. The van der Waals surface area contributed by atoms with Gasteiger partial charge in [0.25, 0.3) is 5.91 Å². The molecule has 1 amide bonds. The van der Waals surface area contributed by atoms with Crippen molar-refractivity contribution in [2.24, 2.45) is 0 Å². The Morgan fingerprint density at radius 1 is 1.42 bits per heavy atom. The molecule has 0 spiro atoms. The molecule has 1 atom stereocenters. The van der Waals surface area contributed by atoms with Crippen molar-refractivity contribution < 1.29 is 9.18 Å². The van der Waals surface area contributed by atoms with Gasteiger partial charge in [-0.05, 0) is 61.1 Å². The first-order valence-corrected chi connectivity index (χ1v) is 7.23. The van der Waals surface area contributed by atoms with Gasteiger partial charge in [-0.2, -0.15) is 0 Å². The fourth-order valence-corrected chi connectivity index (χ4v) is 2.91. The maximum atomic E-state index is 13.3. The Labute approximate surface area is 121 Å². The molecule has 1 unspecified atom stereocenters. The van der Waals surface area contributed by atoms with Crippen LogP contribution in [-0.2, 0) is 0 Å². The van der Waals surface area contributed by atoms with Gasteiger partial charge in [0, 0.05) is 23.6 Å². The maximum Gasteiger partial charge on any atom is 0.255 e. The van der Waals surface area contributed by atoms with Crippen LogP contribution in [0.4, 0.5) is 4.39 Å². The summed E-state index contributed by atoms with van der Waals surface area (Å²) in [6.45, 7) is 4.58. The van der Waals surface area contributed by atoms with Gasteiger partial charge in [0.05, 0.1) is 5.56 Å². The molecule has 5 heteroatoms. The summed E-state index contributed by atoms with van der Waals surface area (Å²) >= 11 is 3.32. The third-order valence-electron chi connectivity index (χ3n) is 3.47. The number of benzene rings is 1. The number of carbonyl (C=O) groups excluding carboxylic acids is 1. The largest absolute Gasteiger partial charge is 0.335 e. The van der Waals surface area contributed by atoms with Gasteiger partial charge in [-0.3, -0.25) is 4.79 Å². The van der Waals surface area contributed by atoms with Crippen LogP contribution in [0.25, 0.3) is 0 Å². The fourth-order valence-electron chi connectivity index (χ4n) is 2.49. The van der Waals surface area contributed by atoms with E-state index in [0.29, 0.717) is 16.6 Å². The smallest absolute Gasteiger partial charge is 0.255 e. The molecule has 1 aliphatic heterocycles. The zero-order valence-corrected chi connectivity index (χ0v) is 12.8. The van der Waals surface area contributed by atoms with Gasteiger partial charge < -0.3 is 9.80 Å². The van der Waals surface area contributed by atoms with Gasteiger partial charge in [0.2, 0.25) is 0 Å². The first-order chi connectivity index (χ1) is 8.99. The molecule has 0 radical (unpaired) electrons. The quantitative estimate of drug-likeness (QED) is 0.791. The molecule has 0 aromatic heterocycles. The number of rotatable bonds is 1. The van der Waals surface area contributed by atoms with Crippen LogP contribution in [0.3, 0.4) is 0 Å². The zero-order chi connectivity index (χ0) is 14.0. The molecule has 19 heavy (non-hydrogen) atoms. The highest BCUT2D eigenvalue weighted by atomic mass is 79.9. The Kier molecular flexibility index (Phi) is 4.58. The molecular formula is C14H18BrFN2O. The van der Waals surface area contributed by atoms with Crippen molar-refractivity contribution in [3.8, 4) is 0 Å². The molecule has 1 aliphatic rings. The highest BCUT2D eigenvalue weighted by molar-refractivity contribution is 9.10. The molecule has 1 heterocycles. The average Bonchev–Trinajstić information content (AvgIpc) is 2.52. The second-order valence-electron chi connectivity index (χ2n) is 5.09. The molecule has 1 saturated heterocycles. The predicted octanol–water partition coefficient (Wildman–Crippen LogP) is 2.75. The highest BCUT2D eigenvalue weighted by Gasteiger charge is 2.26. The number of likely N-dealkylation sites (N-methyl/N-ethyl adjacent to an activating group) is 1. The lowest BCUT2D eigenvalue weighted by atomic mass is 10.1. The zero-order valence-electron chi connectivity index (χ0n) is 11.2. The Bertz CT molecular complexity index is 481. The maximum absolute atomic E-state index is 13.3. The van der Waals surface area contributed by atoms with Crippen molar-refractivity contribution in [2.45, 2.75) is 19.4 Å². The Morgan fingerprint density at radius 3 is 2.89 bits per heavy atom. The molecule has 3 nitrogen and oxygen atoms in total. The van der Waals surface area contributed by atoms with Crippen LogP contribution in [0.15, 0.2) is 22.7 Å². The van der Waals surface area contributed by atoms with Gasteiger partial charge in [-0.25, -0.2) is 4.39 Å². The molecule has 104 valence electrons. The molecular weight excluding hydrogens is 311 g/mol. The lowest BCUT2D eigenvalue weighted by molar-refractivity contribution is 0.0695. The van der Waals surface area contributed by atoms with Crippen LogP contribution in [0.2, 0.25) is 0 Å². The molecule has 1 fully saturated rings. The number of halogens is 2. The summed E-state index contributed by atoms with van der Waals surface area (Å²) in [4.78, 5) is 16.6. The van der Waals surface area contributed by atoms with E-state index in [1.807, 2.05) is 11.8 Å². The van der Waals surface area contributed by atoms with E-state index >= 15 is 0 Å². The van der Waals surface area contributed by atoms with Crippen molar-refractivity contribution in [3.05, 3.63) is 34.1 Å². The lowest BCUT2D eigenvalue weighted by Crippen LogP contribution is -2.42. The third kappa shape index (κ3) is 3.34. The minimum absolute atomic E-state index is 0.103. The number of hydrogen-bond acceptors (Lipinski definition) is 2. The highest BCUT2D eigenvalue weighted by Crippen LogP contribution is 2.21. The average molecular weight is 329 g/mol. The second kappa shape index (κ2) is 6.01. The number of nitrogens with zero attached hydrogens (tertiary/aromatic N) is 2. The molecule has 2 rings (SSSR count). The summed E-state index contributed by atoms with van der Waals surface area (Å²) in [5.41, 5.74) is 0.399. The van der Waals surface area contributed by atoms with Gasteiger partial charge in [0.1, 0.15) is 5.82 Å². The third-order valence-corrected chi connectivity index (χ3v) is 4.16. The Balaban J connectivity index is 2.25. The van der Waals surface area contributed by atoms with Gasteiger partial charge >= 0.3 is 0 Å². The minimum atomic E-state index is -0.383. The predicted molar refractivity (Wildman–Crippen MR) is 76.7 cm³/mol. The number of amides is 1. The van der Waals surface area contributed by atoms with E-state index in [-0.39, 0.29) is 17.8 Å². The lowest BCUT2D eigenvalue weighted by Gasteiger charge is -2.28. The van der Waals surface area contributed by atoms with E-state index in [9.17, 15) is 9.18 Å². The molecule has 1 aromatic carbocycles. The van der Waals surface area contributed by atoms with E-state index in [2.05, 4.69) is 27.9 Å². The van der Waals surface area contributed by atoms with Gasteiger partial charge in [-0.1, -0.05) is 0 Å². The van der Waals surface area contributed by atoms with E-state index < -0.39 is 0 Å². The first-order valence-electron chi connectivity index (χ1n) is 6.43. The number of carbonyl (C=O) groups is 1. The van der Waals surface area contributed by atoms with Crippen LogP contribution in [-0.4, -0.2) is 48.4 Å². The standard InChI is InChI=1S/C14H18BrFN2O/c1-10-9-17(2)6-3-7-18(10)14(19)12-8-11(16)4-5-13(12)15/h4-5,8,10H,3,6-7,9H2,1-2H3. The summed E-state index contributed by atoms with van der Waals surface area (Å²) in [6, 6.07) is 4.36. The molecule has 0 aliphatic carbocycles. The normalized spacial score (nSPS) is 21.3. The van der Waals surface area contributed by atoms with Crippen molar-refractivity contribution >= 4 is 21.8 Å². The summed E-state index contributed by atoms with van der Waals surface area (Å²) < 4.78 is 14.0. The van der Waals surface area contributed by atoms with Crippen LogP contribution in [0.1, 0.15) is 23.7 Å². The van der Waals surface area contributed by atoms with E-state index in [1.165, 1.54) is 12.1 Å². The van der Waals surface area contributed by atoms with Crippen LogP contribution >= 0.6 is 15.9 Å². The van der Waals surface area contributed by atoms with Crippen molar-refractivity contribution in [2.75, 3.05) is 26.7 Å². The van der Waals surface area contributed by atoms with Crippen LogP contribution in [0.5, 0.6) is 0 Å². The van der Waals surface area contributed by atoms with E-state index in [0.717, 1.165) is 19.5 Å². The second-order valence-corrected chi connectivity index (χ2v) is 5.94. The van der Waals surface area contributed by atoms with Gasteiger partial charge in [0.15, 0.2) is 0 Å². The minimum Gasteiger partial charge on any atom is -0.335 e. The van der Waals surface area contributed by atoms with Crippen LogP contribution < -0.4 is 0 Å². The van der Waals surface area contributed by atoms with Crippen molar-refractivity contribution in [3.63, 3.8) is 0 Å². The molecule has 0 saturated carbocycles. The topological polar surface area (TPSA) is 23.6 Å².